The summed E-state index contributed by atoms with van der Waals surface area (Å²) in [6.45, 7) is 4.85. The Labute approximate surface area is 98.6 Å². The Hall–Kier alpha value is -0.170. The highest BCUT2D eigenvalue weighted by atomic mass is 32.2. The first kappa shape index (κ1) is 13.9. The maximum Gasteiger partial charge on any atom is 0.279 e. The van der Waals surface area contributed by atoms with Crippen LogP contribution in [0, 0.1) is 0 Å². The van der Waals surface area contributed by atoms with Gasteiger partial charge in [0.1, 0.15) is 0 Å². The average molecular weight is 249 g/mol. The molecule has 0 amide bonds. The fourth-order valence-corrected chi connectivity index (χ4v) is 3.41. The Bertz CT molecular complexity index is 305. The Kier molecular flexibility index (Phi) is 5.17. The summed E-state index contributed by atoms with van der Waals surface area (Å²) in [6, 6.07) is -0.000951. The molecule has 0 bridgehead atoms. The molecular formula is C10H23N3O2S. The summed E-state index contributed by atoms with van der Waals surface area (Å²) in [7, 11) is -3.33. The molecule has 0 aromatic carbocycles. The van der Waals surface area contributed by atoms with Gasteiger partial charge in [-0.15, -0.1) is 0 Å². The summed E-state index contributed by atoms with van der Waals surface area (Å²) < 4.78 is 28.1. The van der Waals surface area contributed by atoms with Crippen molar-refractivity contribution in [3.8, 4) is 0 Å². The molecule has 1 saturated heterocycles. The van der Waals surface area contributed by atoms with Gasteiger partial charge in [-0.3, -0.25) is 0 Å². The molecule has 96 valence electrons. The molecule has 0 spiro atoms. The molecule has 1 fully saturated rings. The molecular weight excluding hydrogens is 226 g/mol. The fraction of sp³-hybridized carbons (Fsp3) is 1.00. The number of nitrogens with one attached hydrogen (secondary N) is 1. The third-order valence-electron chi connectivity index (χ3n) is 3.10. The van der Waals surface area contributed by atoms with Crippen LogP contribution in [-0.2, 0) is 10.2 Å². The van der Waals surface area contributed by atoms with Crippen LogP contribution >= 0.6 is 0 Å². The van der Waals surface area contributed by atoms with Crippen molar-refractivity contribution in [2.75, 3.05) is 13.1 Å². The SMILES string of the molecule is CCC(N)CNS(=O)(=O)N1CCCCC1C. The summed E-state index contributed by atoms with van der Waals surface area (Å²) in [5, 5.41) is 0. The molecule has 1 aliphatic rings. The molecule has 1 aliphatic heterocycles. The van der Waals surface area contributed by atoms with E-state index in [2.05, 4.69) is 4.72 Å². The number of hydrogen-bond acceptors (Lipinski definition) is 3. The number of nitrogens with two attached hydrogens (primary N) is 1. The summed E-state index contributed by atoms with van der Waals surface area (Å²) in [6.07, 6.45) is 3.78. The minimum absolute atomic E-state index is 0.101. The van der Waals surface area contributed by atoms with Crippen molar-refractivity contribution in [1.82, 2.24) is 9.03 Å². The van der Waals surface area contributed by atoms with Crippen LogP contribution < -0.4 is 10.5 Å². The van der Waals surface area contributed by atoms with Crippen molar-refractivity contribution in [3.63, 3.8) is 0 Å². The second-order valence-corrected chi connectivity index (χ2v) is 6.19. The lowest BCUT2D eigenvalue weighted by molar-refractivity contribution is 0.265. The minimum Gasteiger partial charge on any atom is -0.327 e. The first-order valence-corrected chi connectivity index (χ1v) is 7.43. The zero-order valence-corrected chi connectivity index (χ0v) is 11.0. The van der Waals surface area contributed by atoms with E-state index in [0.717, 1.165) is 25.7 Å². The highest BCUT2D eigenvalue weighted by molar-refractivity contribution is 7.87. The first-order chi connectivity index (χ1) is 7.47. The van der Waals surface area contributed by atoms with Crippen molar-refractivity contribution in [2.24, 2.45) is 5.73 Å². The Balaban J connectivity index is 2.55. The van der Waals surface area contributed by atoms with Gasteiger partial charge in [-0.05, 0) is 26.2 Å². The Morgan fingerprint density at radius 2 is 2.19 bits per heavy atom. The van der Waals surface area contributed by atoms with Crippen LogP contribution in [0.15, 0.2) is 0 Å². The predicted octanol–water partition coefficient (Wildman–Crippen LogP) is 0.433. The smallest absolute Gasteiger partial charge is 0.279 e. The summed E-state index contributed by atoms with van der Waals surface area (Å²) in [4.78, 5) is 0. The van der Waals surface area contributed by atoms with Crippen molar-refractivity contribution in [1.29, 1.82) is 0 Å². The lowest BCUT2D eigenvalue weighted by atomic mass is 10.1. The fourth-order valence-electron chi connectivity index (χ4n) is 1.87. The highest BCUT2D eigenvalue weighted by Gasteiger charge is 2.29. The van der Waals surface area contributed by atoms with Crippen molar-refractivity contribution in [2.45, 2.75) is 51.6 Å². The van der Waals surface area contributed by atoms with Crippen LogP contribution in [0.2, 0.25) is 0 Å². The highest BCUT2D eigenvalue weighted by Crippen LogP contribution is 2.18. The second-order valence-electron chi connectivity index (χ2n) is 4.48. The lowest BCUT2D eigenvalue weighted by Crippen LogP contribution is -2.50. The standard InChI is InChI=1S/C10H23N3O2S/c1-3-10(11)8-12-16(14,15)13-7-5-4-6-9(13)2/h9-10,12H,3-8,11H2,1-2H3. The van der Waals surface area contributed by atoms with Crippen molar-refractivity contribution >= 4 is 10.2 Å². The minimum atomic E-state index is -3.33. The molecule has 1 rings (SSSR count). The van der Waals surface area contributed by atoms with Crippen LogP contribution in [0.5, 0.6) is 0 Å². The van der Waals surface area contributed by atoms with Gasteiger partial charge in [0.05, 0.1) is 0 Å². The second kappa shape index (κ2) is 5.95. The van der Waals surface area contributed by atoms with E-state index in [0.29, 0.717) is 13.1 Å². The number of piperidine rings is 1. The van der Waals surface area contributed by atoms with Crippen LogP contribution in [0.1, 0.15) is 39.5 Å². The Morgan fingerprint density at radius 1 is 1.50 bits per heavy atom. The van der Waals surface area contributed by atoms with Crippen LogP contribution in [0.25, 0.3) is 0 Å². The zero-order valence-electron chi connectivity index (χ0n) is 10.1. The molecule has 5 nitrogen and oxygen atoms in total. The van der Waals surface area contributed by atoms with Gasteiger partial charge >= 0.3 is 0 Å². The van der Waals surface area contributed by atoms with Gasteiger partial charge in [0.2, 0.25) is 0 Å². The topological polar surface area (TPSA) is 75.4 Å². The van der Waals surface area contributed by atoms with Crippen LogP contribution in [0.4, 0.5) is 0 Å². The van der Waals surface area contributed by atoms with Crippen molar-refractivity contribution < 1.29 is 8.42 Å². The van der Waals surface area contributed by atoms with E-state index in [-0.39, 0.29) is 12.1 Å². The van der Waals surface area contributed by atoms with Gasteiger partial charge in [-0.25, -0.2) is 4.72 Å². The molecule has 16 heavy (non-hydrogen) atoms. The van der Waals surface area contributed by atoms with Crippen molar-refractivity contribution in [3.05, 3.63) is 0 Å². The van der Waals surface area contributed by atoms with E-state index in [9.17, 15) is 8.42 Å². The molecule has 3 N–H and O–H groups in total. The molecule has 2 unspecified atom stereocenters. The normalized spacial score (nSPS) is 25.6. The third kappa shape index (κ3) is 3.69. The van der Waals surface area contributed by atoms with Gasteiger partial charge in [-0.1, -0.05) is 13.3 Å². The summed E-state index contributed by atoms with van der Waals surface area (Å²) in [5.41, 5.74) is 5.70. The largest absolute Gasteiger partial charge is 0.327 e. The molecule has 0 radical (unpaired) electrons. The van der Waals surface area contributed by atoms with E-state index in [1.807, 2.05) is 13.8 Å². The maximum atomic E-state index is 12.0. The number of rotatable bonds is 5. The maximum absolute atomic E-state index is 12.0. The zero-order chi connectivity index (χ0) is 12.2. The summed E-state index contributed by atoms with van der Waals surface area (Å²) in [5.74, 6) is 0. The van der Waals surface area contributed by atoms with E-state index < -0.39 is 10.2 Å². The summed E-state index contributed by atoms with van der Waals surface area (Å²) >= 11 is 0. The van der Waals surface area contributed by atoms with Gasteiger partial charge in [0.25, 0.3) is 10.2 Å². The average Bonchev–Trinajstić information content (AvgIpc) is 2.26. The number of hydrogen-bond donors (Lipinski definition) is 2. The van der Waals surface area contributed by atoms with E-state index in [4.69, 9.17) is 5.73 Å². The van der Waals surface area contributed by atoms with Gasteiger partial charge in [0.15, 0.2) is 0 Å². The first-order valence-electron chi connectivity index (χ1n) is 5.99. The monoisotopic (exact) mass is 249 g/mol. The lowest BCUT2D eigenvalue weighted by Gasteiger charge is -2.32. The molecule has 0 aliphatic carbocycles. The third-order valence-corrected chi connectivity index (χ3v) is 4.79. The predicted molar refractivity (Wildman–Crippen MR) is 65.2 cm³/mol. The van der Waals surface area contributed by atoms with E-state index >= 15 is 0 Å². The molecule has 0 aromatic rings. The molecule has 1 heterocycles. The molecule has 0 aromatic heterocycles. The number of nitrogens with zero attached hydrogens (tertiary/aromatic N) is 1. The van der Waals surface area contributed by atoms with Gasteiger partial charge < -0.3 is 5.73 Å². The molecule has 2 atom stereocenters. The Morgan fingerprint density at radius 3 is 2.75 bits per heavy atom. The van der Waals surface area contributed by atoms with Crippen LogP contribution in [-0.4, -0.2) is 37.9 Å². The van der Waals surface area contributed by atoms with Crippen LogP contribution in [0.3, 0.4) is 0 Å². The van der Waals surface area contributed by atoms with Gasteiger partial charge in [-0.2, -0.15) is 12.7 Å². The van der Waals surface area contributed by atoms with E-state index in [1.54, 1.807) is 4.31 Å². The van der Waals surface area contributed by atoms with E-state index in [1.165, 1.54) is 0 Å². The molecule has 6 heteroatoms. The quantitative estimate of drug-likeness (QED) is 0.742. The van der Waals surface area contributed by atoms with Gasteiger partial charge in [0, 0.05) is 25.2 Å². The molecule has 0 saturated carbocycles.